The minimum absolute atomic E-state index is 0.128. The summed E-state index contributed by atoms with van der Waals surface area (Å²) < 4.78 is 3.43. The minimum Gasteiger partial charge on any atom is -0.299 e. The van der Waals surface area contributed by atoms with Crippen molar-refractivity contribution in [3.05, 3.63) is 70.4 Å². The predicted molar refractivity (Wildman–Crippen MR) is 83.1 cm³/mol. The van der Waals surface area contributed by atoms with Gasteiger partial charge in [-0.2, -0.15) is 0 Å². The van der Waals surface area contributed by atoms with Gasteiger partial charge in [0, 0.05) is 17.4 Å². The Balaban J connectivity index is 1.85. The first-order valence-corrected chi connectivity index (χ1v) is 7.01. The predicted octanol–water partition coefficient (Wildman–Crippen LogP) is 2.14. The van der Waals surface area contributed by atoms with Crippen molar-refractivity contribution < 1.29 is 0 Å². The van der Waals surface area contributed by atoms with E-state index < -0.39 is 0 Å². The molecule has 0 saturated heterocycles. The molecule has 0 aliphatic heterocycles. The normalized spacial score (nSPS) is 11.3. The molecule has 4 aromatic rings. The van der Waals surface area contributed by atoms with Crippen molar-refractivity contribution in [3.63, 3.8) is 0 Å². The van der Waals surface area contributed by atoms with Crippen LogP contribution in [0.3, 0.4) is 0 Å². The van der Waals surface area contributed by atoms with E-state index >= 15 is 0 Å². The van der Waals surface area contributed by atoms with E-state index in [1.807, 2.05) is 10.6 Å². The highest BCUT2D eigenvalue weighted by Gasteiger charge is 2.08. The molecular weight excluding hydrogens is 302 g/mol. The van der Waals surface area contributed by atoms with Gasteiger partial charge in [0.25, 0.3) is 5.56 Å². The molecule has 0 amide bonds. The summed E-state index contributed by atoms with van der Waals surface area (Å²) in [5, 5.41) is 1.02. The molecule has 0 saturated carbocycles. The maximum absolute atomic E-state index is 12.6. The second kappa shape index (κ2) is 4.92. The second-order valence-corrected chi connectivity index (χ2v) is 5.33. The number of fused-ring (bicyclic) bond motifs is 2. The van der Waals surface area contributed by atoms with Gasteiger partial charge in [-0.05, 0) is 18.2 Å². The van der Waals surface area contributed by atoms with Crippen molar-refractivity contribution >= 4 is 28.2 Å². The summed E-state index contributed by atoms with van der Waals surface area (Å²) in [6.45, 7) is 0.374. The zero-order valence-corrected chi connectivity index (χ0v) is 12.1. The zero-order valence-electron chi connectivity index (χ0n) is 11.3. The fraction of sp³-hybridized carbons (Fsp3) is 0.0667. The smallest absolute Gasteiger partial charge is 0.261 e. The molecule has 0 atom stereocenters. The fourth-order valence-electron chi connectivity index (χ4n) is 2.43. The second-order valence-electron chi connectivity index (χ2n) is 4.89. The summed E-state index contributed by atoms with van der Waals surface area (Å²) in [4.78, 5) is 25.2. The van der Waals surface area contributed by atoms with Crippen LogP contribution >= 0.6 is 11.6 Å². The highest BCUT2D eigenvalue weighted by Crippen LogP contribution is 2.14. The van der Waals surface area contributed by atoms with Crippen LogP contribution in [0.25, 0.3) is 16.6 Å². The number of benzene rings is 1. The lowest BCUT2D eigenvalue weighted by atomic mass is 10.2. The van der Waals surface area contributed by atoms with Crippen LogP contribution in [-0.2, 0) is 6.54 Å². The fourth-order valence-corrected chi connectivity index (χ4v) is 2.60. The summed E-state index contributed by atoms with van der Waals surface area (Å²) in [6, 6.07) is 5.10. The molecule has 1 aromatic carbocycles. The molecule has 0 spiro atoms. The van der Waals surface area contributed by atoms with Gasteiger partial charge >= 0.3 is 0 Å². The van der Waals surface area contributed by atoms with Gasteiger partial charge in [-0.15, -0.1) is 0 Å². The average Bonchev–Trinajstić information content (AvgIpc) is 2.94. The van der Waals surface area contributed by atoms with E-state index in [4.69, 9.17) is 11.6 Å². The van der Waals surface area contributed by atoms with E-state index in [2.05, 4.69) is 15.0 Å². The topological polar surface area (TPSA) is 65.1 Å². The van der Waals surface area contributed by atoms with Gasteiger partial charge in [-0.1, -0.05) is 11.6 Å². The molecule has 4 rings (SSSR count). The lowest BCUT2D eigenvalue weighted by Crippen LogP contribution is -2.21. The van der Waals surface area contributed by atoms with E-state index in [0.717, 1.165) is 11.3 Å². The Labute approximate surface area is 129 Å². The molecule has 0 fully saturated rings. The zero-order chi connectivity index (χ0) is 15.1. The number of aromatic nitrogens is 5. The molecule has 0 aliphatic carbocycles. The largest absolute Gasteiger partial charge is 0.299 e. The maximum Gasteiger partial charge on any atom is 0.261 e. The number of hydrogen-bond acceptors (Lipinski definition) is 4. The Morgan fingerprint density at radius 2 is 2.09 bits per heavy atom. The summed E-state index contributed by atoms with van der Waals surface area (Å²) in [5.74, 6) is 0. The Bertz CT molecular complexity index is 1050. The number of halogens is 1. The molecule has 3 aromatic heterocycles. The quantitative estimate of drug-likeness (QED) is 0.569. The highest BCUT2D eigenvalue weighted by atomic mass is 35.5. The molecule has 0 bridgehead atoms. The van der Waals surface area contributed by atoms with Crippen LogP contribution in [0.5, 0.6) is 0 Å². The van der Waals surface area contributed by atoms with Crippen molar-refractivity contribution in [1.29, 1.82) is 0 Å². The third kappa shape index (κ3) is 2.05. The van der Waals surface area contributed by atoms with Crippen LogP contribution in [-0.4, -0.2) is 23.9 Å². The lowest BCUT2D eigenvalue weighted by molar-refractivity contribution is 0.723. The van der Waals surface area contributed by atoms with Gasteiger partial charge in [-0.25, -0.2) is 9.97 Å². The Morgan fingerprint density at radius 1 is 1.18 bits per heavy atom. The number of nitrogens with zero attached hydrogens (tertiary/aromatic N) is 5. The molecule has 108 valence electrons. The first kappa shape index (κ1) is 13.0. The summed E-state index contributed by atoms with van der Waals surface area (Å²) in [7, 11) is 0. The molecule has 22 heavy (non-hydrogen) atoms. The molecular formula is C15H10ClN5O. The van der Waals surface area contributed by atoms with Gasteiger partial charge in [0.15, 0.2) is 5.65 Å². The number of hydrogen-bond donors (Lipinski definition) is 0. The van der Waals surface area contributed by atoms with Crippen LogP contribution in [0.1, 0.15) is 5.69 Å². The van der Waals surface area contributed by atoms with Crippen LogP contribution in [0, 0.1) is 0 Å². The average molecular weight is 312 g/mol. The van der Waals surface area contributed by atoms with E-state index in [9.17, 15) is 4.79 Å². The van der Waals surface area contributed by atoms with Gasteiger partial charge < -0.3 is 0 Å². The summed E-state index contributed by atoms with van der Waals surface area (Å²) >= 11 is 5.97. The first-order valence-electron chi connectivity index (χ1n) is 6.63. The molecule has 3 heterocycles. The van der Waals surface area contributed by atoms with E-state index in [1.54, 1.807) is 47.7 Å². The van der Waals surface area contributed by atoms with E-state index in [-0.39, 0.29) is 5.56 Å². The van der Waals surface area contributed by atoms with E-state index in [0.29, 0.717) is 22.5 Å². The van der Waals surface area contributed by atoms with Crippen molar-refractivity contribution in [2.45, 2.75) is 6.54 Å². The van der Waals surface area contributed by atoms with Crippen molar-refractivity contribution in [3.8, 4) is 0 Å². The third-order valence-corrected chi connectivity index (χ3v) is 3.75. The van der Waals surface area contributed by atoms with E-state index in [1.165, 1.54) is 0 Å². The molecule has 0 aliphatic rings. The maximum atomic E-state index is 12.6. The monoisotopic (exact) mass is 311 g/mol. The van der Waals surface area contributed by atoms with Gasteiger partial charge in [-0.3, -0.25) is 18.7 Å². The number of imidazole rings is 1. The lowest BCUT2D eigenvalue weighted by Gasteiger charge is -2.06. The highest BCUT2D eigenvalue weighted by molar-refractivity contribution is 6.31. The molecule has 0 radical (unpaired) electrons. The van der Waals surface area contributed by atoms with Crippen molar-refractivity contribution in [2.24, 2.45) is 0 Å². The van der Waals surface area contributed by atoms with Crippen LogP contribution in [0.4, 0.5) is 0 Å². The van der Waals surface area contributed by atoms with Crippen molar-refractivity contribution in [1.82, 2.24) is 23.9 Å². The molecule has 0 unspecified atom stereocenters. The summed E-state index contributed by atoms with van der Waals surface area (Å²) in [5.41, 5.74) is 2.12. The molecule has 6 nitrogen and oxygen atoms in total. The Kier molecular flexibility index (Phi) is 2.90. The Hall–Kier alpha value is -2.73. The van der Waals surface area contributed by atoms with Crippen LogP contribution in [0.2, 0.25) is 5.02 Å². The number of rotatable bonds is 2. The standard InChI is InChI=1S/C15H10ClN5O/c16-10-1-2-13-12(5-10)15(22)20(9-19-13)8-11-6-18-14-7-17-3-4-21(11)14/h1-7,9H,8H2. The van der Waals surface area contributed by atoms with Crippen LogP contribution in [0.15, 0.2) is 54.1 Å². The molecule has 7 heteroatoms. The SMILES string of the molecule is O=c1c2cc(Cl)ccc2ncn1Cc1cnc2cnccn12. The van der Waals surface area contributed by atoms with Gasteiger partial charge in [0.05, 0.1) is 41.9 Å². The van der Waals surface area contributed by atoms with Gasteiger partial charge in [0.1, 0.15) is 0 Å². The van der Waals surface area contributed by atoms with Gasteiger partial charge in [0.2, 0.25) is 0 Å². The molecule has 0 N–H and O–H groups in total. The Morgan fingerprint density at radius 3 is 3.00 bits per heavy atom. The van der Waals surface area contributed by atoms with Crippen molar-refractivity contribution in [2.75, 3.05) is 0 Å². The third-order valence-electron chi connectivity index (χ3n) is 3.51. The minimum atomic E-state index is -0.128. The first-order chi connectivity index (χ1) is 10.7. The van der Waals surface area contributed by atoms with Crippen LogP contribution < -0.4 is 5.56 Å². The summed E-state index contributed by atoms with van der Waals surface area (Å²) in [6.07, 6.45) is 8.43.